The van der Waals surface area contributed by atoms with Crippen molar-refractivity contribution in [2.75, 3.05) is 6.61 Å². The molecule has 1 amide bonds. The number of hydrogen-bond acceptors (Lipinski definition) is 3. The first-order valence-electron chi connectivity index (χ1n) is 6.24. The highest BCUT2D eigenvalue weighted by Crippen LogP contribution is 2.17. The van der Waals surface area contributed by atoms with Gasteiger partial charge in [0.1, 0.15) is 6.04 Å². The van der Waals surface area contributed by atoms with Crippen LogP contribution in [0, 0.1) is 11.7 Å². The zero-order valence-electron chi connectivity index (χ0n) is 11.6. The lowest BCUT2D eigenvalue weighted by Crippen LogP contribution is -2.40. The second-order valence-electron chi connectivity index (χ2n) is 4.82. The summed E-state index contributed by atoms with van der Waals surface area (Å²) in [4.78, 5) is 23.5. The maximum absolute atomic E-state index is 13.6. The van der Waals surface area contributed by atoms with Gasteiger partial charge in [0.25, 0.3) is 5.91 Å². The molecule has 1 atom stereocenters. The molecule has 6 heteroatoms. The van der Waals surface area contributed by atoms with Gasteiger partial charge in [-0.1, -0.05) is 31.5 Å². The topological polar surface area (TPSA) is 55.4 Å². The van der Waals surface area contributed by atoms with Crippen molar-refractivity contribution in [1.29, 1.82) is 0 Å². The Morgan fingerprint density at radius 3 is 2.60 bits per heavy atom. The Morgan fingerprint density at radius 1 is 1.35 bits per heavy atom. The van der Waals surface area contributed by atoms with Gasteiger partial charge in [-0.25, -0.2) is 9.18 Å². The fraction of sp³-hybridized carbons (Fsp3) is 0.429. The van der Waals surface area contributed by atoms with Crippen LogP contribution in [0.3, 0.4) is 0 Å². The zero-order valence-corrected chi connectivity index (χ0v) is 12.3. The Hall–Kier alpha value is -1.62. The average Bonchev–Trinajstić information content (AvgIpc) is 2.38. The first-order valence-corrected chi connectivity index (χ1v) is 6.62. The summed E-state index contributed by atoms with van der Waals surface area (Å²) in [7, 11) is 0. The summed E-state index contributed by atoms with van der Waals surface area (Å²) < 4.78 is 18.6. The molecule has 1 unspecified atom stereocenters. The molecule has 1 aromatic rings. The normalized spacial score (nSPS) is 12.1. The summed E-state index contributed by atoms with van der Waals surface area (Å²) in [5.41, 5.74) is -0.207. The molecule has 20 heavy (non-hydrogen) atoms. The number of nitrogens with one attached hydrogen (secondary N) is 1. The minimum atomic E-state index is -0.861. The predicted octanol–water partition coefficient (Wildman–Crippen LogP) is 2.80. The number of amides is 1. The van der Waals surface area contributed by atoms with Crippen LogP contribution < -0.4 is 5.32 Å². The minimum Gasteiger partial charge on any atom is -0.464 e. The van der Waals surface area contributed by atoms with E-state index in [-0.39, 0.29) is 23.1 Å². The predicted molar refractivity (Wildman–Crippen MR) is 74.1 cm³/mol. The summed E-state index contributed by atoms with van der Waals surface area (Å²) in [5.74, 6) is -1.88. The number of halogens is 2. The first-order chi connectivity index (χ1) is 9.32. The monoisotopic (exact) mass is 301 g/mol. The number of hydrogen-bond donors (Lipinski definition) is 1. The summed E-state index contributed by atoms with van der Waals surface area (Å²) in [6, 6.07) is 3.23. The number of rotatable bonds is 5. The van der Waals surface area contributed by atoms with E-state index in [2.05, 4.69) is 5.32 Å². The molecule has 0 heterocycles. The Balaban J connectivity index is 2.66. The lowest BCUT2D eigenvalue weighted by Gasteiger charge is -2.14. The van der Waals surface area contributed by atoms with Crippen molar-refractivity contribution in [3.05, 3.63) is 34.6 Å². The van der Waals surface area contributed by atoms with Crippen LogP contribution in [-0.2, 0) is 9.53 Å². The van der Waals surface area contributed by atoms with Gasteiger partial charge in [0.05, 0.1) is 17.2 Å². The van der Waals surface area contributed by atoms with Crippen LogP contribution in [-0.4, -0.2) is 24.5 Å². The number of carbonyl (C=O) groups is 2. The third kappa shape index (κ3) is 4.49. The molecule has 1 N–H and O–H groups in total. The molecule has 0 radical (unpaired) electrons. The first kappa shape index (κ1) is 16.4. The Bertz CT molecular complexity index is 505. The summed E-state index contributed by atoms with van der Waals surface area (Å²) in [6.45, 7) is 5.54. The third-order valence-electron chi connectivity index (χ3n) is 2.46. The van der Waals surface area contributed by atoms with Gasteiger partial charge in [-0.2, -0.15) is 0 Å². The van der Waals surface area contributed by atoms with E-state index in [1.165, 1.54) is 25.1 Å². The fourth-order valence-corrected chi connectivity index (χ4v) is 1.56. The molecule has 1 aromatic carbocycles. The number of carbonyl (C=O) groups excluding carboxylic acids is 2. The van der Waals surface area contributed by atoms with Gasteiger partial charge in [0, 0.05) is 0 Å². The molecular weight excluding hydrogens is 285 g/mol. The van der Waals surface area contributed by atoms with Crippen LogP contribution in [0.4, 0.5) is 4.39 Å². The molecule has 0 spiro atoms. The Morgan fingerprint density at radius 2 is 2.00 bits per heavy atom. The average molecular weight is 302 g/mol. The molecule has 110 valence electrons. The smallest absolute Gasteiger partial charge is 0.328 e. The van der Waals surface area contributed by atoms with E-state index >= 15 is 0 Å². The van der Waals surface area contributed by atoms with Gasteiger partial charge in [-0.05, 0) is 25.0 Å². The zero-order chi connectivity index (χ0) is 15.3. The maximum atomic E-state index is 13.6. The second kappa shape index (κ2) is 7.24. The van der Waals surface area contributed by atoms with Crippen molar-refractivity contribution in [1.82, 2.24) is 5.32 Å². The molecule has 0 saturated carbocycles. The van der Waals surface area contributed by atoms with E-state index < -0.39 is 23.7 Å². The highest BCUT2D eigenvalue weighted by Gasteiger charge is 2.21. The van der Waals surface area contributed by atoms with Gasteiger partial charge in [0.2, 0.25) is 0 Å². The molecule has 4 nitrogen and oxygen atoms in total. The van der Waals surface area contributed by atoms with Crippen LogP contribution in [0.1, 0.15) is 31.1 Å². The summed E-state index contributed by atoms with van der Waals surface area (Å²) in [5, 5.41) is 2.23. The van der Waals surface area contributed by atoms with Gasteiger partial charge >= 0.3 is 5.97 Å². The molecular formula is C14H17ClFNO3. The van der Waals surface area contributed by atoms with E-state index in [1.54, 1.807) is 0 Å². The molecule has 0 aliphatic heterocycles. The van der Waals surface area contributed by atoms with Crippen molar-refractivity contribution in [3.8, 4) is 0 Å². The quantitative estimate of drug-likeness (QED) is 0.851. The van der Waals surface area contributed by atoms with Crippen LogP contribution in [0.2, 0.25) is 5.02 Å². The maximum Gasteiger partial charge on any atom is 0.328 e. The minimum absolute atomic E-state index is 0.146. The van der Waals surface area contributed by atoms with Gasteiger partial charge in [-0.15, -0.1) is 0 Å². The van der Waals surface area contributed by atoms with E-state index in [4.69, 9.17) is 16.3 Å². The molecule has 0 aliphatic rings. The van der Waals surface area contributed by atoms with E-state index in [1.807, 2.05) is 13.8 Å². The van der Waals surface area contributed by atoms with Crippen molar-refractivity contribution in [2.45, 2.75) is 26.8 Å². The molecule has 0 fully saturated rings. The van der Waals surface area contributed by atoms with Gasteiger partial charge < -0.3 is 10.1 Å². The van der Waals surface area contributed by atoms with Crippen LogP contribution in [0.25, 0.3) is 0 Å². The van der Waals surface area contributed by atoms with Crippen molar-refractivity contribution >= 4 is 23.5 Å². The largest absolute Gasteiger partial charge is 0.464 e. The van der Waals surface area contributed by atoms with Crippen molar-refractivity contribution in [3.63, 3.8) is 0 Å². The third-order valence-corrected chi connectivity index (χ3v) is 2.75. The van der Waals surface area contributed by atoms with E-state index in [0.717, 1.165) is 0 Å². The molecule has 0 aromatic heterocycles. The number of esters is 1. The van der Waals surface area contributed by atoms with Crippen LogP contribution >= 0.6 is 11.6 Å². The molecule has 0 bridgehead atoms. The summed E-state index contributed by atoms with van der Waals surface area (Å²) in [6.07, 6.45) is 0. The number of ether oxygens (including phenoxy) is 1. The van der Waals surface area contributed by atoms with Gasteiger partial charge in [-0.3, -0.25) is 4.79 Å². The summed E-state index contributed by atoms with van der Waals surface area (Å²) >= 11 is 5.59. The molecule has 0 aliphatic carbocycles. The highest BCUT2D eigenvalue weighted by molar-refractivity contribution is 6.31. The van der Waals surface area contributed by atoms with Crippen LogP contribution in [0.5, 0.6) is 0 Å². The highest BCUT2D eigenvalue weighted by atomic mass is 35.5. The van der Waals surface area contributed by atoms with Crippen molar-refractivity contribution < 1.29 is 18.7 Å². The number of benzene rings is 1. The lowest BCUT2D eigenvalue weighted by molar-refractivity contribution is -0.146. The van der Waals surface area contributed by atoms with E-state index in [0.29, 0.717) is 0 Å². The van der Waals surface area contributed by atoms with Crippen molar-refractivity contribution in [2.24, 2.45) is 5.92 Å². The second-order valence-corrected chi connectivity index (χ2v) is 5.23. The van der Waals surface area contributed by atoms with Gasteiger partial charge in [0.15, 0.2) is 5.82 Å². The molecule has 1 rings (SSSR count). The Kier molecular flexibility index (Phi) is 5.95. The lowest BCUT2D eigenvalue weighted by atomic mass is 10.2. The molecule has 0 saturated heterocycles. The standard InChI is InChI=1S/C14H17ClFNO3/c1-8(2)7-20-14(19)9(3)17-13(18)10-5-4-6-11(15)12(10)16/h4-6,8-9H,7H2,1-3H3,(H,17,18). The Labute approximate surface area is 122 Å². The van der Waals surface area contributed by atoms with Crippen LogP contribution in [0.15, 0.2) is 18.2 Å². The van der Waals surface area contributed by atoms with E-state index in [9.17, 15) is 14.0 Å². The SMILES string of the molecule is CC(C)COC(=O)C(C)NC(=O)c1cccc(Cl)c1F. The fourth-order valence-electron chi connectivity index (χ4n) is 1.39.